The number of amides is 2. The summed E-state index contributed by atoms with van der Waals surface area (Å²) in [7, 11) is 0. The average Bonchev–Trinajstić information content (AvgIpc) is 2.22. The second-order valence-corrected chi connectivity index (χ2v) is 5.83. The molecule has 1 aliphatic heterocycles. The quantitative estimate of drug-likeness (QED) is 0.745. The number of carbonyl (C=O) groups excluding carboxylic acids is 2. The van der Waals surface area contributed by atoms with E-state index in [9.17, 15) is 9.59 Å². The molecule has 96 valence electrons. The lowest BCUT2D eigenvalue weighted by Crippen LogP contribution is -2.60. The van der Waals surface area contributed by atoms with Crippen molar-refractivity contribution < 1.29 is 9.59 Å². The lowest BCUT2D eigenvalue weighted by molar-refractivity contribution is -0.147. The minimum Gasteiger partial charge on any atom is -0.343 e. The Bertz CT molecular complexity index is 319. The third kappa shape index (κ3) is 2.61. The fourth-order valence-corrected chi connectivity index (χ4v) is 3.30. The van der Waals surface area contributed by atoms with Gasteiger partial charge in [0.05, 0.1) is 6.54 Å². The molecule has 2 amide bonds. The maximum Gasteiger partial charge on any atom is 0.245 e. The molecule has 1 saturated heterocycles. The lowest BCUT2D eigenvalue weighted by Gasteiger charge is -2.42. The molecule has 1 saturated carbocycles. The molecular formula is C13H22N2O2. The third-order valence-corrected chi connectivity index (χ3v) is 3.94. The Kier molecular flexibility index (Phi) is 3.40. The maximum atomic E-state index is 12.1. The van der Waals surface area contributed by atoms with E-state index in [0.717, 1.165) is 12.8 Å². The Balaban J connectivity index is 2.09. The zero-order valence-electron chi connectivity index (χ0n) is 10.9. The summed E-state index contributed by atoms with van der Waals surface area (Å²) in [5.74, 6) is 1.35. The molecule has 4 nitrogen and oxygen atoms in total. The first-order valence-corrected chi connectivity index (χ1v) is 6.57. The van der Waals surface area contributed by atoms with Crippen molar-refractivity contribution in [1.82, 2.24) is 10.2 Å². The van der Waals surface area contributed by atoms with Gasteiger partial charge in [0.1, 0.15) is 6.04 Å². The highest BCUT2D eigenvalue weighted by molar-refractivity contribution is 5.94. The van der Waals surface area contributed by atoms with Crippen molar-refractivity contribution in [1.29, 1.82) is 0 Å². The van der Waals surface area contributed by atoms with Crippen LogP contribution in [0.5, 0.6) is 0 Å². The van der Waals surface area contributed by atoms with Gasteiger partial charge in [-0.25, -0.2) is 0 Å². The van der Waals surface area contributed by atoms with Gasteiger partial charge in [-0.2, -0.15) is 0 Å². The molecule has 3 unspecified atom stereocenters. The minimum absolute atomic E-state index is 0.0250. The fraction of sp³-hybridized carbons (Fsp3) is 0.846. The van der Waals surface area contributed by atoms with E-state index in [-0.39, 0.29) is 30.4 Å². The summed E-state index contributed by atoms with van der Waals surface area (Å²) < 4.78 is 0. The summed E-state index contributed by atoms with van der Waals surface area (Å²) in [6, 6.07) is -0.0986. The molecule has 0 aromatic rings. The molecule has 0 aromatic carbocycles. The van der Waals surface area contributed by atoms with Crippen LogP contribution in [-0.4, -0.2) is 35.3 Å². The van der Waals surface area contributed by atoms with Gasteiger partial charge >= 0.3 is 0 Å². The van der Waals surface area contributed by atoms with Crippen molar-refractivity contribution in [2.75, 3.05) is 6.54 Å². The number of nitrogens with zero attached hydrogens (tertiary/aromatic N) is 1. The van der Waals surface area contributed by atoms with Crippen LogP contribution in [0.3, 0.4) is 0 Å². The molecule has 3 atom stereocenters. The summed E-state index contributed by atoms with van der Waals surface area (Å²) >= 11 is 0. The van der Waals surface area contributed by atoms with E-state index in [1.807, 2.05) is 0 Å². The summed E-state index contributed by atoms with van der Waals surface area (Å²) in [6.45, 7) is 6.48. The van der Waals surface area contributed by atoms with E-state index in [2.05, 4.69) is 19.2 Å². The normalized spacial score (nSPS) is 39.1. The number of carbonyl (C=O) groups is 2. The first-order chi connectivity index (χ1) is 7.97. The summed E-state index contributed by atoms with van der Waals surface area (Å²) in [6.07, 6.45) is 3.31. The number of hydrogen-bond acceptors (Lipinski definition) is 2. The Labute approximate surface area is 103 Å². The molecule has 1 heterocycles. The van der Waals surface area contributed by atoms with Gasteiger partial charge in [-0.3, -0.25) is 9.59 Å². The van der Waals surface area contributed by atoms with Gasteiger partial charge in [0.15, 0.2) is 0 Å². The van der Waals surface area contributed by atoms with Crippen LogP contribution in [-0.2, 0) is 9.59 Å². The molecule has 2 rings (SSSR count). The van der Waals surface area contributed by atoms with Gasteiger partial charge in [-0.05, 0) is 38.0 Å². The molecule has 17 heavy (non-hydrogen) atoms. The van der Waals surface area contributed by atoms with E-state index >= 15 is 0 Å². The molecule has 1 aliphatic carbocycles. The monoisotopic (exact) mass is 238 g/mol. The summed E-state index contributed by atoms with van der Waals surface area (Å²) in [5.41, 5.74) is 0. The van der Waals surface area contributed by atoms with Crippen LogP contribution in [0, 0.1) is 11.8 Å². The van der Waals surface area contributed by atoms with Gasteiger partial charge in [-0.1, -0.05) is 13.8 Å². The Hall–Kier alpha value is -1.06. The molecule has 1 N–H and O–H groups in total. The van der Waals surface area contributed by atoms with Crippen molar-refractivity contribution in [3.8, 4) is 0 Å². The largest absolute Gasteiger partial charge is 0.343 e. The molecule has 0 aromatic heterocycles. The Morgan fingerprint density at radius 1 is 1.06 bits per heavy atom. The van der Waals surface area contributed by atoms with Gasteiger partial charge in [0.25, 0.3) is 0 Å². The highest BCUT2D eigenvalue weighted by Gasteiger charge is 2.37. The predicted molar refractivity (Wildman–Crippen MR) is 65.3 cm³/mol. The lowest BCUT2D eigenvalue weighted by atomic mass is 9.79. The summed E-state index contributed by atoms with van der Waals surface area (Å²) in [5, 5.41) is 2.69. The first-order valence-electron chi connectivity index (χ1n) is 6.57. The van der Waals surface area contributed by atoms with Crippen LogP contribution in [0.25, 0.3) is 0 Å². The van der Waals surface area contributed by atoms with Crippen LogP contribution in [0.2, 0.25) is 0 Å². The van der Waals surface area contributed by atoms with Crippen molar-refractivity contribution in [2.24, 2.45) is 11.8 Å². The smallest absolute Gasteiger partial charge is 0.245 e. The zero-order valence-corrected chi connectivity index (χ0v) is 10.9. The van der Waals surface area contributed by atoms with Crippen molar-refractivity contribution in [3.63, 3.8) is 0 Å². The van der Waals surface area contributed by atoms with Gasteiger partial charge in [-0.15, -0.1) is 0 Å². The van der Waals surface area contributed by atoms with Gasteiger partial charge < -0.3 is 10.2 Å². The zero-order chi connectivity index (χ0) is 12.6. The van der Waals surface area contributed by atoms with Crippen LogP contribution >= 0.6 is 0 Å². The minimum atomic E-state index is -0.358. The predicted octanol–water partition coefficient (Wildman–Crippen LogP) is 1.16. The molecule has 4 heteroatoms. The van der Waals surface area contributed by atoms with Crippen LogP contribution in [0.15, 0.2) is 0 Å². The van der Waals surface area contributed by atoms with Gasteiger partial charge in [0, 0.05) is 6.04 Å². The third-order valence-electron chi connectivity index (χ3n) is 3.94. The topological polar surface area (TPSA) is 49.4 Å². The van der Waals surface area contributed by atoms with Crippen molar-refractivity contribution in [2.45, 2.75) is 52.1 Å². The highest BCUT2D eigenvalue weighted by Crippen LogP contribution is 2.32. The number of nitrogens with one attached hydrogen (secondary N) is 1. The molecule has 0 radical (unpaired) electrons. The molecule has 2 aliphatic rings. The number of piperazine rings is 1. The highest BCUT2D eigenvalue weighted by atomic mass is 16.2. The molecular weight excluding hydrogens is 216 g/mol. The molecule has 2 fully saturated rings. The van der Waals surface area contributed by atoms with Crippen molar-refractivity contribution in [3.05, 3.63) is 0 Å². The molecule has 0 bridgehead atoms. The maximum absolute atomic E-state index is 12.1. The molecule has 0 spiro atoms. The van der Waals surface area contributed by atoms with E-state index in [1.54, 1.807) is 11.8 Å². The van der Waals surface area contributed by atoms with E-state index in [4.69, 9.17) is 0 Å². The number of rotatable bonds is 1. The second-order valence-electron chi connectivity index (χ2n) is 5.83. The Morgan fingerprint density at radius 3 is 2.24 bits per heavy atom. The van der Waals surface area contributed by atoms with E-state index < -0.39 is 0 Å². The standard InChI is InChI=1S/C13H22N2O2/c1-8-4-9(2)6-11(5-8)15-7-12(16)14-10(3)13(15)17/h8-11H,4-7H2,1-3H3,(H,14,16). The van der Waals surface area contributed by atoms with Crippen LogP contribution in [0.1, 0.15) is 40.0 Å². The van der Waals surface area contributed by atoms with E-state index in [1.165, 1.54) is 6.42 Å². The number of hydrogen-bond donors (Lipinski definition) is 1. The average molecular weight is 238 g/mol. The van der Waals surface area contributed by atoms with Crippen LogP contribution in [0.4, 0.5) is 0 Å². The first kappa shape index (κ1) is 12.4. The summed E-state index contributed by atoms with van der Waals surface area (Å²) in [4.78, 5) is 25.4. The SMILES string of the molecule is CC1CC(C)CC(N2CC(=O)NC(C)C2=O)C1. The van der Waals surface area contributed by atoms with Crippen LogP contribution < -0.4 is 5.32 Å². The fourth-order valence-electron chi connectivity index (χ4n) is 3.30. The Morgan fingerprint density at radius 2 is 1.65 bits per heavy atom. The van der Waals surface area contributed by atoms with E-state index in [0.29, 0.717) is 11.8 Å². The van der Waals surface area contributed by atoms with Gasteiger partial charge in [0.2, 0.25) is 11.8 Å². The van der Waals surface area contributed by atoms with Crippen molar-refractivity contribution >= 4 is 11.8 Å². The second kappa shape index (κ2) is 4.67.